The highest BCUT2D eigenvalue weighted by molar-refractivity contribution is 5.79. The van der Waals surface area contributed by atoms with Crippen molar-refractivity contribution in [3.63, 3.8) is 0 Å². The Labute approximate surface area is 85.8 Å². The molecule has 0 bridgehead atoms. The van der Waals surface area contributed by atoms with E-state index in [1.807, 2.05) is 27.7 Å². The molecule has 1 fully saturated rings. The Bertz CT molecular complexity index is 165. The van der Waals surface area contributed by atoms with Gasteiger partial charge < -0.3 is 10.5 Å². The monoisotopic (exact) mass is 203 g/mol. The van der Waals surface area contributed by atoms with Crippen LogP contribution in [-0.4, -0.2) is 19.0 Å². The zero-order chi connectivity index (χ0) is 11.6. The first-order valence-corrected chi connectivity index (χ1v) is 4.93. The fraction of sp³-hybridized carbons (Fsp3) is 0.800. The molecule has 0 aromatic heterocycles. The van der Waals surface area contributed by atoms with Gasteiger partial charge in [-0.1, -0.05) is 13.8 Å². The minimum atomic E-state index is -0.101. The number of rotatable bonds is 2. The van der Waals surface area contributed by atoms with Crippen molar-refractivity contribution in [3.05, 3.63) is 0 Å². The molecule has 1 amide bonds. The Morgan fingerprint density at radius 1 is 1.50 bits per heavy atom. The third kappa shape index (κ3) is 6.46. The zero-order valence-electron chi connectivity index (χ0n) is 9.50. The molecule has 1 aliphatic carbocycles. The Kier molecular flexibility index (Phi) is 9.40. The molecule has 2 N–H and O–H groups in total. The van der Waals surface area contributed by atoms with Crippen LogP contribution in [0.2, 0.25) is 0 Å². The van der Waals surface area contributed by atoms with E-state index in [4.69, 9.17) is 9.53 Å². The van der Waals surface area contributed by atoms with Gasteiger partial charge in [-0.05, 0) is 26.7 Å². The van der Waals surface area contributed by atoms with Crippen LogP contribution in [0.25, 0.3) is 0 Å². The van der Waals surface area contributed by atoms with Crippen molar-refractivity contribution in [1.82, 2.24) is 0 Å². The van der Waals surface area contributed by atoms with E-state index >= 15 is 0 Å². The Morgan fingerprint density at radius 2 is 1.86 bits per heavy atom. The first kappa shape index (κ1) is 15.4. The molecular weight excluding hydrogens is 182 g/mol. The second-order valence-corrected chi connectivity index (χ2v) is 2.92. The van der Waals surface area contributed by atoms with E-state index in [9.17, 15) is 4.79 Å². The van der Waals surface area contributed by atoms with Crippen molar-refractivity contribution >= 4 is 12.4 Å². The van der Waals surface area contributed by atoms with Gasteiger partial charge in [-0.15, -0.1) is 0 Å². The molecule has 1 saturated carbocycles. The maximum Gasteiger partial charge on any atom is 0.311 e. The molecule has 0 atom stereocenters. The highest BCUT2D eigenvalue weighted by atomic mass is 16.5. The molecule has 0 spiro atoms. The Balaban J connectivity index is 0. The topological polar surface area (TPSA) is 69.4 Å². The standard InChI is InChI=1S/C7H12O2.C2H6.CH3NO/c1-3-9-6(8)7(2)4-5-7;1-2;2-1-3/h3-5H2,1-2H3;1-2H3;1H,(H2,2,3). The fourth-order valence-electron chi connectivity index (χ4n) is 0.697. The van der Waals surface area contributed by atoms with Crippen molar-refractivity contribution < 1.29 is 14.3 Å². The minimum Gasteiger partial charge on any atom is -0.466 e. The van der Waals surface area contributed by atoms with Crippen LogP contribution < -0.4 is 5.73 Å². The highest BCUT2D eigenvalue weighted by Gasteiger charge is 2.46. The number of carbonyl (C=O) groups is 2. The van der Waals surface area contributed by atoms with Crippen molar-refractivity contribution in [2.75, 3.05) is 6.61 Å². The van der Waals surface area contributed by atoms with Crippen LogP contribution in [0.3, 0.4) is 0 Å². The molecule has 0 saturated heterocycles. The molecule has 1 rings (SSSR count). The van der Waals surface area contributed by atoms with Gasteiger partial charge in [0.15, 0.2) is 0 Å². The maximum absolute atomic E-state index is 10.9. The summed E-state index contributed by atoms with van der Waals surface area (Å²) in [6.07, 6.45) is 2.26. The van der Waals surface area contributed by atoms with Gasteiger partial charge in [0, 0.05) is 0 Å². The lowest BCUT2D eigenvalue weighted by Crippen LogP contribution is -2.14. The van der Waals surface area contributed by atoms with Gasteiger partial charge in [0.1, 0.15) is 0 Å². The summed E-state index contributed by atoms with van der Waals surface area (Å²) in [6, 6.07) is 0. The summed E-state index contributed by atoms with van der Waals surface area (Å²) in [7, 11) is 0. The fourth-order valence-corrected chi connectivity index (χ4v) is 0.697. The van der Waals surface area contributed by atoms with Crippen LogP contribution in [0.4, 0.5) is 0 Å². The number of hydrogen-bond acceptors (Lipinski definition) is 3. The molecule has 14 heavy (non-hydrogen) atoms. The predicted octanol–water partition coefficient (Wildman–Crippen LogP) is 1.48. The van der Waals surface area contributed by atoms with Gasteiger partial charge >= 0.3 is 5.97 Å². The van der Waals surface area contributed by atoms with Crippen molar-refractivity contribution in [1.29, 1.82) is 0 Å². The average molecular weight is 203 g/mol. The molecule has 84 valence electrons. The van der Waals surface area contributed by atoms with Crippen molar-refractivity contribution in [3.8, 4) is 0 Å². The van der Waals surface area contributed by atoms with E-state index in [-0.39, 0.29) is 17.8 Å². The van der Waals surface area contributed by atoms with Crippen molar-refractivity contribution in [2.24, 2.45) is 11.1 Å². The number of ether oxygens (including phenoxy) is 1. The number of hydrogen-bond donors (Lipinski definition) is 1. The van der Waals surface area contributed by atoms with E-state index in [2.05, 4.69) is 5.73 Å². The summed E-state index contributed by atoms with van der Waals surface area (Å²) in [4.78, 5) is 19.5. The number of esters is 1. The van der Waals surface area contributed by atoms with Gasteiger partial charge in [0.05, 0.1) is 12.0 Å². The summed E-state index contributed by atoms with van der Waals surface area (Å²) >= 11 is 0. The van der Waals surface area contributed by atoms with Gasteiger partial charge in [-0.3, -0.25) is 9.59 Å². The summed E-state index contributed by atoms with van der Waals surface area (Å²) in [5.41, 5.74) is 4.07. The maximum atomic E-state index is 10.9. The Morgan fingerprint density at radius 3 is 2.07 bits per heavy atom. The minimum absolute atomic E-state index is 0.0231. The molecule has 0 aromatic rings. The van der Waals surface area contributed by atoms with Gasteiger partial charge in [-0.2, -0.15) is 0 Å². The molecule has 0 heterocycles. The number of amides is 1. The average Bonchev–Trinajstić information content (AvgIpc) is 2.90. The van der Waals surface area contributed by atoms with Crippen LogP contribution in [0, 0.1) is 5.41 Å². The third-order valence-electron chi connectivity index (χ3n) is 1.77. The SMILES string of the molecule is CC.CCOC(=O)C1(C)CC1.NC=O. The van der Waals surface area contributed by atoms with E-state index in [0.29, 0.717) is 6.61 Å². The second-order valence-electron chi connectivity index (χ2n) is 2.92. The second kappa shape index (κ2) is 8.53. The molecular formula is C10H21NO3. The molecule has 4 heteroatoms. The van der Waals surface area contributed by atoms with E-state index < -0.39 is 0 Å². The largest absolute Gasteiger partial charge is 0.466 e. The van der Waals surface area contributed by atoms with Crippen molar-refractivity contribution in [2.45, 2.75) is 40.5 Å². The molecule has 0 aromatic carbocycles. The first-order chi connectivity index (χ1) is 6.60. The first-order valence-electron chi connectivity index (χ1n) is 4.93. The quantitative estimate of drug-likeness (QED) is 0.546. The summed E-state index contributed by atoms with van der Waals surface area (Å²) in [6.45, 7) is 8.29. The van der Waals surface area contributed by atoms with Crippen LogP contribution in [0.15, 0.2) is 0 Å². The third-order valence-corrected chi connectivity index (χ3v) is 1.77. The molecule has 0 radical (unpaired) electrons. The smallest absolute Gasteiger partial charge is 0.311 e. The summed E-state index contributed by atoms with van der Waals surface area (Å²) in [5.74, 6) is -0.0231. The number of carbonyl (C=O) groups excluding carboxylic acids is 2. The van der Waals surface area contributed by atoms with E-state index in [0.717, 1.165) is 12.8 Å². The lowest BCUT2D eigenvalue weighted by molar-refractivity contribution is -0.148. The van der Waals surface area contributed by atoms with Gasteiger partial charge in [0.25, 0.3) is 0 Å². The number of primary amides is 1. The predicted molar refractivity (Wildman–Crippen MR) is 55.6 cm³/mol. The van der Waals surface area contributed by atoms with E-state index in [1.165, 1.54) is 0 Å². The highest BCUT2D eigenvalue weighted by Crippen LogP contribution is 2.45. The molecule has 1 aliphatic rings. The molecule has 0 unspecified atom stereocenters. The van der Waals surface area contributed by atoms with Gasteiger partial charge in [0.2, 0.25) is 6.41 Å². The van der Waals surface area contributed by atoms with Gasteiger partial charge in [-0.25, -0.2) is 0 Å². The lowest BCUT2D eigenvalue weighted by Gasteiger charge is -2.05. The van der Waals surface area contributed by atoms with Crippen LogP contribution in [0.5, 0.6) is 0 Å². The zero-order valence-corrected chi connectivity index (χ0v) is 9.50. The van der Waals surface area contributed by atoms with E-state index in [1.54, 1.807) is 0 Å². The van der Waals surface area contributed by atoms with Crippen LogP contribution in [-0.2, 0) is 14.3 Å². The lowest BCUT2D eigenvalue weighted by atomic mass is 10.1. The van der Waals surface area contributed by atoms with Crippen LogP contribution >= 0.6 is 0 Å². The van der Waals surface area contributed by atoms with Crippen LogP contribution in [0.1, 0.15) is 40.5 Å². The number of nitrogens with two attached hydrogens (primary N) is 1. The molecule has 4 nitrogen and oxygen atoms in total. The summed E-state index contributed by atoms with van der Waals surface area (Å²) in [5, 5.41) is 0. The normalized spacial score (nSPS) is 14.9. The molecule has 0 aliphatic heterocycles. The Hall–Kier alpha value is -1.06. The summed E-state index contributed by atoms with van der Waals surface area (Å²) < 4.78 is 4.83.